The molecule has 2 aromatic carbocycles. The fraction of sp³-hybridized carbons (Fsp3) is 0.280. The number of benzene rings is 2. The first-order valence-electron chi connectivity index (χ1n) is 11.0. The second-order valence-electron chi connectivity index (χ2n) is 8.46. The molecule has 0 unspecified atom stereocenters. The van der Waals surface area contributed by atoms with Crippen LogP contribution in [0.4, 0.5) is 0 Å². The number of hydroxylamine groups is 1. The van der Waals surface area contributed by atoms with Crippen molar-refractivity contribution >= 4 is 15.7 Å². The number of hydrogen-bond acceptors (Lipinski definition) is 7. The molecule has 0 radical (unpaired) electrons. The zero-order chi connectivity index (χ0) is 24.2. The lowest BCUT2D eigenvalue weighted by molar-refractivity contribution is -0.133. The molecule has 178 valence electrons. The average molecular weight is 482 g/mol. The first kappa shape index (κ1) is 23.9. The molecule has 1 saturated heterocycles. The summed E-state index contributed by atoms with van der Waals surface area (Å²) in [7, 11) is -4.09. The van der Waals surface area contributed by atoms with Crippen LogP contribution in [0.15, 0.2) is 78.0 Å². The molecule has 0 bridgehead atoms. The molecule has 1 amide bonds. The molecule has 4 rings (SSSR count). The zero-order valence-corrected chi connectivity index (χ0v) is 19.7. The van der Waals surface area contributed by atoms with Crippen molar-refractivity contribution in [3.05, 3.63) is 84.2 Å². The van der Waals surface area contributed by atoms with Crippen LogP contribution < -0.4 is 10.2 Å². The Kier molecular flexibility index (Phi) is 6.97. The lowest BCUT2D eigenvalue weighted by atomic mass is 9.94. The van der Waals surface area contributed by atoms with Gasteiger partial charge in [-0.15, -0.1) is 0 Å². The lowest BCUT2D eigenvalue weighted by Gasteiger charge is -2.39. The molecule has 2 heterocycles. The van der Waals surface area contributed by atoms with E-state index < -0.39 is 20.5 Å². The van der Waals surface area contributed by atoms with Gasteiger partial charge in [-0.25, -0.2) is 13.9 Å². The van der Waals surface area contributed by atoms with Crippen molar-refractivity contribution in [2.24, 2.45) is 0 Å². The fourth-order valence-corrected chi connectivity index (χ4v) is 6.15. The summed E-state index contributed by atoms with van der Waals surface area (Å²) >= 11 is 0. The quantitative estimate of drug-likeness (QED) is 0.393. The highest BCUT2D eigenvalue weighted by molar-refractivity contribution is 7.93. The molecule has 0 saturated carbocycles. The van der Waals surface area contributed by atoms with Gasteiger partial charge in [0.15, 0.2) is 14.6 Å². The maximum Gasteiger partial charge on any atom is 0.265 e. The topological polar surface area (TPSA) is 109 Å². The van der Waals surface area contributed by atoms with Crippen LogP contribution >= 0.6 is 0 Å². The van der Waals surface area contributed by atoms with Gasteiger partial charge in [0.2, 0.25) is 0 Å². The lowest BCUT2D eigenvalue weighted by Crippen LogP contribution is -2.57. The summed E-state index contributed by atoms with van der Waals surface area (Å²) in [6.07, 6.45) is 3.58. The SMILES string of the molecule is Cc1ccc(Oc2ccc(S(=O)(=O)C3(C(=O)NO)CCN(Cc4cccnc4)CC3)cc2)cc1. The van der Waals surface area contributed by atoms with Gasteiger partial charge >= 0.3 is 0 Å². The predicted octanol–water partition coefficient (Wildman–Crippen LogP) is 3.50. The van der Waals surface area contributed by atoms with E-state index in [0.29, 0.717) is 31.1 Å². The van der Waals surface area contributed by atoms with E-state index in [1.165, 1.54) is 12.1 Å². The molecule has 2 N–H and O–H groups in total. The number of likely N-dealkylation sites (tertiary alicyclic amines) is 1. The highest BCUT2D eigenvalue weighted by atomic mass is 32.2. The molecule has 9 heteroatoms. The van der Waals surface area contributed by atoms with Crippen LogP contribution in [0.3, 0.4) is 0 Å². The first-order chi connectivity index (χ1) is 16.3. The van der Waals surface area contributed by atoms with Gasteiger partial charge in [0.25, 0.3) is 5.91 Å². The average Bonchev–Trinajstić information content (AvgIpc) is 2.86. The smallest absolute Gasteiger partial charge is 0.265 e. The molecule has 1 aliphatic heterocycles. The van der Waals surface area contributed by atoms with E-state index in [-0.39, 0.29) is 17.7 Å². The van der Waals surface area contributed by atoms with E-state index in [2.05, 4.69) is 9.88 Å². The van der Waals surface area contributed by atoms with Crippen molar-refractivity contribution in [2.75, 3.05) is 13.1 Å². The number of aromatic nitrogens is 1. The van der Waals surface area contributed by atoms with Gasteiger partial charge in [-0.2, -0.15) is 0 Å². The van der Waals surface area contributed by atoms with E-state index in [9.17, 15) is 18.4 Å². The molecule has 8 nitrogen and oxygen atoms in total. The van der Waals surface area contributed by atoms with Crippen molar-refractivity contribution in [3.8, 4) is 11.5 Å². The summed E-state index contributed by atoms with van der Waals surface area (Å²) in [5.74, 6) is 0.210. The summed E-state index contributed by atoms with van der Waals surface area (Å²) < 4.78 is 31.3. The Morgan fingerprint density at radius 3 is 2.24 bits per heavy atom. The van der Waals surface area contributed by atoms with Gasteiger partial charge in [-0.05, 0) is 67.8 Å². The molecule has 0 atom stereocenters. The second kappa shape index (κ2) is 9.92. The van der Waals surface area contributed by atoms with Crippen LogP contribution in [0.1, 0.15) is 24.0 Å². The Bertz CT molecular complexity index is 1220. The maximum absolute atomic E-state index is 13.6. The predicted molar refractivity (Wildman–Crippen MR) is 126 cm³/mol. The fourth-order valence-electron chi connectivity index (χ4n) is 4.20. The van der Waals surface area contributed by atoms with E-state index in [1.54, 1.807) is 30.0 Å². The van der Waals surface area contributed by atoms with Crippen LogP contribution in [-0.4, -0.2) is 47.3 Å². The largest absolute Gasteiger partial charge is 0.457 e. The molecular weight excluding hydrogens is 454 g/mol. The minimum atomic E-state index is -4.09. The Morgan fingerprint density at radius 2 is 1.68 bits per heavy atom. The number of hydrogen-bond donors (Lipinski definition) is 2. The highest BCUT2D eigenvalue weighted by Gasteiger charge is 2.52. The molecule has 3 aromatic rings. The van der Waals surface area contributed by atoms with E-state index in [1.807, 2.05) is 43.3 Å². The number of piperidine rings is 1. The summed E-state index contributed by atoms with van der Waals surface area (Å²) in [6.45, 7) is 3.35. The Hall–Kier alpha value is -3.27. The van der Waals surface area contributed by atoms with E-state index in [0.717, 1.165) is 11.1 Å². The first-order valence-corrected chi connectivity index (χ1v) is 12.5. The minimum Gasteiger partial charge on any atom is -0.457 e. The van der Waals surface area contributed by atoms with Crippen LogP contribution in [0.25, 0.3) is 0 Å². The summed E-state index contributed by atoms with van der Waals surface area (Å²) in [4.78, 5) is 18.9. The third-order valence-corrected chi connectivity index (χ3v) is 8.73. The Balaban J connectivity index is 1.52. The van der Waals surface area contributed by atoms with Gasteiger partial charge in [-0.1, -0.05) is 23.8 Å². The molecule has 1 aromatic heterocycles. The molecule has 34 heavy (non-hydrogen) atoms. The number of carbonyl (C=O) groups is 1. The summed E-state index contributed by atoms with van der Waals surface area (Å²) in [6, 6.07) is 17.3. The van der Waals surface area contributed by atoms with Crippen LogP contribution in [-0.2, 0) is 21.2 Å². The monoisotopic (exact) mass is 481 g/mol. The highest BCUT2D eigenvalue weighted by Crippen LogP contribution is 2.37. The van der Waals surface area contributed by atoms with E-state index in [4.69, 9.17) is 4.74 Å². The minimum absolute atomic E-state index is 0.00747. The molecule has 0 aliphatic carbocycles. The van der Waals surface area contributed by atoms with Gasteiger partial charge in [0.1, 0.15) is 11.5 Å². The molecule has 0 spiro atoms. The van der Waals surface area contributed by atoms with Crippen LogP contribution in [0.2, 0.25) is 0 Å². The number of carbonyl (C=O) groups excluding carboxylic acids is 1. The van der Waals surface area contributed by atoms with Crippen molar-refractivity contribution in [1.82, 2.24) is 15.4 Å². The summed E-state index contributed by atoms with van der Waals surface area (Å²) in [5.41, 5.74) is 3.71. The Morgan fingerprint density at radius 1 is 1.06 bits per heavy atom. The number of ether oxygens (including phenoxy) is 1. The van der Waals surface area contributed by atoms with Crippen molar-refractivity contribution < 1.29 is 23.2 Å². The number of sulfone groups is 1. The van der Waals surface area contributed by atoms with Crippen molar-refractivity contribution in [3.63, 3.8) is 0 Å². The third kappa shape index (κ3) is 4.82. The molecule has 1 fully saturated rings. The van der Waals surface area contributed by atoms with Crippen molar-refractivity contribution in [2.45, 2.75) is 36.0 Å². The number of pyridine rings is 1. The number of amides is 1. The third-order valence-electron chi connectivity index (χ3n) is 6.21. The van der Waals surface area contributed by atoms with Crippen LogP contribution in [0, 0.1) is 6.92 Å². The van der Waals surface area contributed by atoms with Crippen molar-refractivity contribution in [1.29, 1.82) is 0 Å². The zero-order valence-electron chi connectivity index (χ0n) is 18.8. The normalized spacial score (nSPS) is 16.1. The Labute approximate surface area is 199 Å². The number of rotatable bonds is 7. The van der Waals surface area contributed by atoms with Gasteiger partial charge in [0, 0.05) is 32.0 Å². The number of nitrogens with zero attached hydrogens (tertiary/aromatic N) is 2. The van der Waals surface area contributed by atoms with Gasteiger partial charge in [-0.3, -0.25) is 19.9 Å². The van der Waals surface area contributed by atoms with Gasteiger partial charge in [0.05, 0.1) is 4.90 Å². The standard InChI is InChI=1S/C25H27N3O5S/c1-19-4-6-21(7-5-19)33-22-8-10-23(11-9-22)34(31,32)25(24(29)27-30)12-15-28(16-13-25)18-20-3-2-14-26-17-20/h2-11,14,17,30H,12-13,15-16,18H2,1H3,(H,27,29). The number of nitrogens with one attached hydrogen (secondary N) is 1. The summed E-state index contributed by atoms with van der Waals surface area (Å²) in [5, 5.41) is 9.39. The molecule has 1 aliphatic rings. The maximum atomic E-state index is 13.6. The number of aryl methyl sites for hydroxylation is 1. The molecular formula is C25H27N3O5S. The second-order valence-corrected chi connectivity index (χ2v) is 10.7. The van der Waals surface area contributed by atoms with E-state index >= 15 is 0 Å². The van der Waals surface area contributed by atoms with Gasteiger partial charge < -0.3 is 4.74 Å². The van der Waals surface area contributed by atoms with Crippen LogP contribution in [0.5, 0.6) is 11.5 Å².